The van der Waals surface area contributed by atoms with E-state index in [0.717, 1.165) is 0 Å². The predicted molar refractivity (Wildman–Crippen MR) is 66.5 cm³/mol. The van der Waals surface area contributed by atoms with Crippen LogP contribution in [0.3, 0.4) is 0 Å². The molecule has 0 aliphatic rings. The van der Waals surface area contributed by atoms with Crippen molar-refractivity contribution in [2.75, 3.05) is 32.9 Å². The maximum Gasteiger partial charge on any atom is 0.411 e. The van der Waals surface area contributed by atoms with Crippen LogP contribution in [0, 0.1) is 0 Å². The van der Waals surface area contributed by atoms with Gasteiger partial charge in [0.05, 0.1) is 26.0 Å². The molecule has 0 radical (unpaired) electrons. The number of hydrogen-bond donors (Lipinski definition) is 2. The Balaban J connectivity index is 2.31. The lowest BCUT2D eigenvalue weighted by atomic mass is 10.4. The summed E-state index contributed by atoms with van der Waals surface area (Å²) in [5.74, 6) is 0.542. The first kappa shape index (κ1) is 17.3. The third kappa shape index (κ3) is 7.57. The molecule has 9 heteroatoms. The van der Waals surface area contributed by atoms with Crippen LogP contribution in [-0.4, -0.2) is 55.1 Å². The Labute approximate surface area is 119 Å². The Morgan fingerprint density at radius 3 is 2.76 bits per heavy atom. The zero-order valence-electron chi connectivity index (χ0n) is 11.2. The van der Waals surface area contributed by atoms with E-state index in [0.29, 0.717) is 5.76 Å². The standard InChI is InChI=1S/C12H17F3N2O4/c13-12(14,15)9-20-7-4-17(3-5-18)11(19)16-8-10-2-1-6-21-10/h1-2,6,18H,3-5,7-9H2,(H,16,19). The van der Waals surface area contributed by atoms with Gasteiger partial charge >= 0.3 is 12.2 Å². The third-order valence-electron chi connectivity index (χ3n) is 2.42. The largest absolute Gasteiger partial charge is 0.467 e. The lowest BCUT2D eigenvalue weighted by Gasteiger charge is -2.22. The Hall–Kier alpha value is -1.74. The summed E-state index contributed by atoms with van der Waals surface area (Å²) in [7, 11) is 0. The highest BCUT2D eigenvalue weighted by Crippen LogP contribution is 2.14. The van der Waals surface area contributed by atoms with Gasteiger partial charge in [-0.05, 0) is 12.1 Å². The first-order chi connectivity index (χ1) is 9.92. The number of nitrogens with zero attached hydrogens (tertiary/aromatic N) is 1. The molecule has 0 bridgehead atoms. The van der Waals surface area contributed by atoms with Crippen LogP contribution in [0.5, 0.6) is 0 Å². The predicted octanol–water partition coefficient (Wildman–Crippen LogP) is 1.36. The van der Waals surface area contributed by atoms with Crippen LogP contribution in [0.2, 0.25) is 0 Å². The number of ether oxygens (including phenoxy) is 1. The molecule has 2 N–H and O–H groups in total. The van der Waals surface area contributed by atoms with Gasteiger partial charge in [0.15, 0.2) is 0 Å². The zero-order chi connectivity index (χ0) is 15.7. The molecule has 0 aliphatic carbocycles. The molecule has 120 valence electrons. The molecule has 0 saturated heterocycles. The lowest BCUT2D eigenvalue weighted by molar-refractivity contribution is -0.174. The van der Waals surface area contributed by atoms with E-state index >= 15 is 0 Å². The van der Waals surface area contributed by atoms with Crippen molar-refractivity contribution in [3.8, 4) is 0 Å². The molecule has 1 aromatic rings. The normalized spacial score (nSPS) is 11.4. The van der Waals surface area contributed by atoms with Crippen molar-refractivity contribution < 1.29 is 32.2 Å². The molecule has 0 unspecified atom stereocenters. The van der Waals surface area contributed by atoms with Gasteiger partial charge in [-0.1, -0.05) is 0 Å². The van der Waals surface area contributed by atoms with Crippen molar-refractivity contribution in [1.82, 2.24) is 10.2 Å². The van der Waals surface area contributed by atoms with Crippen LogP contribution in [-0.2, 0) is 11.3 Å². The Morgan fingerprint density at radius 2 is 2.19 bits per heavy atom. The topological polar surface area (TPSA) is 74.9 Å². The van der Waals surface area contributed by atoms with Gasteiger partial charge in [0, 0.05) is 13.1 Å². The molecule has 0 saturated carbocycles. The first-order valence-corrected chi connectivity index (χ1v) is 6.23. The smallest absolute Gasteiger partial charge is 0.411 e. The summed E-state index contributed by atoms with van der Waals surface area (Å²) in [5.41, 5.74) is 0. The lowest BCUT2D eigenvalue weighted by Crippen LogP contribution is -2.43. The Morgan fingerprint density at radius 1 is 1.43 bits per heavy atom. The third-order valence-corrected chi connectivity index (χ3v) is 2.42. The van der Waals surface area contributed by atoms with E-state index in [9.17, 15) is 18.0 Å². The molecule has 0 spiro atoms. The fourth-order valence-corrected chi connectivity index (χ4v) is 1.49. The van der Waals surface area contributed by atoms with Crippen LogP contribution in [0.4, 0.5) is 18.0 Å². The number of carbonyl (C=O) groups is 1. The van der Waals surface area contributed by atoms with E-state index in [1.807, 2.05) is 0 Å². The monoisotopic (exact) mass is 310 g/mol. The van der Waals surface area contributed by atoms with Crippen LogP contribution in [0.15, 0.2) is 22.8 Å². The zero-order valence-corrected chi connectivity index (χ0v) is 11.2. The van der Waals surface area contributed by atoms with E-state index in [4.69, 9.17) is 9.52 Å². The van der Waals surface area contributed by atoms with Gasteiger partial charge in [0.1, 0.15) is 12.4 Å². The number of aliphatic hydroxyl groups excluding tert-OH is 1. The average molecular weight is 310 g/mol. The van der Waals surface area contributed by atoms with E-state index < -0.39 is 18.8 Å². The maximum absolute atomic E-state index is 11.9. The van der Waals surface area contributed by atoms with Gasteiger partial charge in [0.2, 0.25) is 0 Å². The SMILES string of the molecule is O=C(NCc1ccco1)N(CCO)CCOCC(F)(F)F. The molecule has 0 atom stereocenters. The van der Waals surface area contributed by atoms with Gasteiger partial charge in [-0.3, -0.25) is 0 Å². The average Bonchev–Trinajstić information content (AvgIpc) is 2.91. The summed E-state index contributed by atoms with van der Waals surface area (Å²) < 4.78 is 45.1. The van der Waals surface area contributed by atoms with Crippen LogP contribution < -0.4 is 5.32 Å². The minimum Gasteiger partial charge on any atom is -0.467 e. The number of carbonyl (C=O) groups excluding carboxylic acids is 1. The summed E-state index contributed by atoms with van der Waals surface area (Å²) in [6, 6.07) is 2.82. The number of aliphatic hydroxyl groups is 1. The number of alkyl halides is 3. The fourth-order valence-electron chi connectivity index (χ4n) is 1.49. The molecule has 1 aromatic heterocycles. The number of halogens is 3. The summed E-state index contributed by atoms with van der Waals surface area (Å²) in [4.78, 5) is 13.0. The quantitative estimate of drug-likeness (QED) is 0.711. The van der Waals surface area contributed by atoms with Gasteiger partial charge in [-0.25, -0.2) is 4.79 Å². The minimum atomic E-state index is -4.40. The van der Waals surface area contributed by atoms with E-state index in [1.165, 1.54) is 11.2 Å². The van der Waals surface area contributed by atoms with Crippen molar-refractivity contribution in [2.45, 2.75) is 12.7 Å². The fraction of sp³-hybridized carbons (Fsp3) is 0.583. The molecule has 0 fully saturated rings. The maximum atomic E-state index is 11.9. The number of furan rings is 1. The van der Waals surface area contributed by atoms with Gasteiger partial charge in [-0.15, -0.1) is 0 Å². The second-order valence-corrected chi connectivity index (χ2v) is 4.12. The minimum absolute atomic E-state index is 0.000629. The molecule has 21 heavy (non-hydrogen) atoms. The molecule has 1 heterocycles. The highest BCUT2D eigenvalue weighted by Gasteiger charge is 2.27. The molecular weight excluding hydrogens is 293 g/mol. The summed E-state index contributed by atoms with van der Waals surface area (Å²) in [6.45, 7) is -1.84. The van der Waals surface area contributed by atoms with Crippen LogP contribution in [0.1, 0.15) is 5.76 Å². The van der Waals surface area contributed by atoms with E-state index in [-0.39, 0.29) is 32.8 Å². The molecule has 1 rings (SSSR count). The molecule has 0 aliphatic heterocycles. The number of amides is 2. The van der Waals surface area contributed by atoms with Crippen molar-refractivity contribution in [3.63, 3.8) is 0 Å². The first-order valence-electron chi connectivity index (χ1n) is 6.23. The number of nitrogens with one attached hydrogen (secondary N) is 1. The molecule has 0 aromatic carbocycles. The number of hydrogen-bond acceptors (Lipinski definition) is 4. The van der Waals surface area contributed by atoms with Crippen molar-refractivity contribution in [1.29, 1.82) is 0 Å². The second-order valence-electron chi connectivity index (χ2n) is 4.12. The molecule has 2 amide bonds. The van der Waals surface area contributed by atoms with E-state index in [1.54, 1.807) is 12.1 Å². The van der Waals surface area contributed by atoms with Crippen molar-refractivity contribution in [2.24, 2.45) is 0 Å². The Bertz CT molecular complexity index is 409. The summed E-state index contributed by atoms with van der Waals surface area (Å²) in [5, 5.41) is 11.4. The van der Waals surface area contributed by atoms with Gasteiger partial charge in [-0.2, -0.15) is 13.2 Å². The highest BCUT2D eigenvalue weighted by atomic mass is 19.4. The van der Waals surface area contributed by atoms with Crippen molar-refractivity contribution in [3.05, 3.63) is 24.2 Å². The number of urea groups is 1. The summed E-state index contributed by atoms with van der Waals surface area (Å²) >= 11 is 0. The Kier molecular flexibility index (Phi) is 7.03. The van der Waals surface area contributed by atoms with Crippen LogP contribution >= 0.6 is 0 Å². The van der Waals surface area contributed by atoms with Crippen LogP contribution in [0.25, 0.3) is 0 Å². The summed E-state index contributed by atoms with van der Waals surface area (Å²) in [6.07, 6.45) is -2.94. The molecular formula is C12H17F3N2O4. The number of rotatable bonds is 8. The van der Waals surface area contributed by atoms with E-state index in [2.05, 4.69) is 10.1 Å². The second kappa shape index (κ2) is 8.53. The van der Waals surface area contributed by atoms with Crippen molar-refractivity contribution >= 4 is 6.03 Å². The van der Waals surface area contributed by atoms with Gasteiger partial charge < -0.3 is 24.5 Å². The molecule has 6 nitrogen and oxygen atoms in total. The van der Waals surface area contributed by atoms with Gasteiger partial charge in [0.25, 0.3) is 0 Å². The highest BCUT2D eigenvalue weighted by molar-refractivity contribution is 5.74.